The third kappa shape index (κ3) is 2.86. The lowest BCUT2D eigenvalue weighted by atomic mass is 10.1. The van der Waals surface area contributed by atoms with E-state index in [1.54, 1.807) is 0 Å². The van der Waals surface area contributed by atoms with Crippen LogP contribution in [0.25, 0.3) is 0 Å². The van der Waals surface area contributed by atoms with Gasteiger partial charge >= 0.3 is 0 Å². The van der Waals surface area contributed by atoms with Gasteiger partial charge in [-0.2, -0.15) is 5.26 Å². The van der Waals surface area contributed by atoms with E-state index < -0.39 is 5.82 Å². The summed E-state index contributed by atoms with van der Waals surface area (Å²) in [6.07, 6.45) is 0. The van der Waals surface area contributed by atoms with E-state index in [4.69, 9.17) is 16.9 Å². The molecule has 0 saturated heterocycles. The molecule has 1 N–H and O–H groups in total. The fourth-order valence-electron chi connectivity index (χ4n) is 1.93. The first-order valence-corrected chi connectivity index (χ1v) is 6.12. The first-order valence-electron chi connectivity index (χ1n) is 5.74. The maximum atomic E-state index is 13.1. The monoisotopic (exact) mass is 274 g/mol. The highest BCUT2D eigenvalue weighted by molar-refractivity contribution is 6.33. The number of nitrogens with one attached hydrogen (secondary N) is 1. The summed E-state index contributed by atoms with van der Waals surface area (Å²) >= 11 is 6.19. The molecular weight excluding hydrogens is 263 g/mol. The number of hydrogen-bond donors (Lipinski definition) is 1. The number of halogens is 2. The van der Waals surface area contributed by atoms with Gasteiger partial charge in [0.25, 0.3) is 0 Å². The molecule has 0 aliphatic rings. The molecule has 0 atom stereocenters. The largest absolute Gasteiger partial charge is 0.353 e. The van der Waals surface area contributed by atoms with Crippen LogP contribution < -0.4 is 5.32 Å². The Morgan fingerprint density at radius 3 is 2.58 bits per heavy atom. The Hall–Kier alpha value is -2.05. The molecule has 0 fully saturated rings. The predicted octanol–water partition coefficient (Wildman–Crippen LogP) is 4.71. The van der Waals surface area contributed by atoms with E-state index in [0.29, 0.717) is 10.7 Å². The lowest BCUT2D eigenvalue weighted by Gasteiger charge is -2.13. The minimum atomic E-state index is -0.436. The van der Waals surface area contributed by atoms with Crippen LogP contribution in [0.3, 0.4) is 0 Å². The fraction of sp³-hybridized carbons (Fsp3) is 0.133. The van der Waals surface area contributed by atoms with Crippen molar-refractivity contribution in [1.29, 1.82) is 5.26 Å². The van der Waals surface area contributed by atoms with E-state index in [0.717, 1.165) is 16.8 Å². The van der Waals surface area contributed by atoms with Crippen molar-refractivity contribution in [3.05, 3.63) is 57.9 Å². The average molecular weight is 275 g/mol. The number of nitrogens with zero attached hydrogens (tertiary/aromatic N) is 1. The maximum Gasteiger partial charge on any atom is 0.124 e. The Balaban J connectivity index is 2.45. The summed E-state index contributed by atoms with van der Waals surface area (Å²) in [5.74, 6) is -0.436. The van der Waals surface area contributed by atoms with Gasteiger partial charge in [-0.15, -0.1) is 0 Å². The molecule has 19 heavy (non-hydrogen) atoms. The van der Waals surface area contributed by atoms with Crippen molar-refractivity contribution in [3.8, 4) is 6.07 Å². The average Bonchev–Trinajstić information content (AvgIpc) is 2.35. The molecule has 2 aromatic rings. The first-order chi connectivity index (χ1) is 9.01. The summed E-state index contributed by atoms with van der Waals surface area (Å²) in [4.78, 5) is 0. The van der Waals surface area contributed by atoms with E-state index in [1.807, 2.05) is 32.0 Å². The molecule has 0 aromatic heterocycles. The van der Waals surface area contributed by atoms with Crippen LogP contribution in [0.1, 0.15) is 16.7 Å². The molecule has 0 saturated carbocycles. The normalized spacial score (nSPS) is 10.1. The standard InChI is InChI=1S/C15H12ClFN2/c1-9-5-10(2)15(13(16)6-9)19-14-4-3-12(17)7-11(14)8-18/h3-7,19H,1-2H3. The van der Waals surface area contributed by atoms with Crippen molar-refractivity contribution in [1.82, 2.24) is 0 Å². The van der Waals surface area contributed by atoms with E-state index >= 15 is 0 Å². The lowest BCUT2D eigenvalue weighted by Crippen LogP contribution is -1.98. The van der Waals surface area contributed by atoms with Crippen molar-refractivity contribution in [2.45, 2.75) is 13.8 Å². The van der Waals surface area contributed by atoms with Crippen molar-refractivity contribution >= 4 is 23.0 Å². The second kappa shape index (κ2) is 5.29. The molecule has 0 spiro atoms. The predicted molar refractivity (Wildman–Crippen MR) is 75.3 cm³/mol. The summed E-state index contributed by atoms with van der Waals surface area (Å²) in [6.45, 7) is 3.89. The molecule has 0 bridgehead atoms. The van der Waals surface area contributed by atoms with E-state index in [2.05, 4.69) is 5.32 Å². The summed E-state index contributed by atoms with van der Waals surface area (Å²) in [5.41, 5.74) is 3.55. The highest BCUT2D eigenvalue weighted by Crippen LogP contribution is 2.31. The number of aryl methyl sites for hydroxylation is 2. The Bertz CT molecular complexity index is 651. The van der Waals surface area contributed by atoms with Gasteiger partial charge in [-0.25, -0.2) is 4.39 Å². The van der Waals surface area contributed by atoms with Crippen LogP contribution in [0.15, 0.2) is 30.3 Å². The highest BCUT2D eigenvalue weighted by atomic mass is 35.5. The number of anilines is 2. The summed E-state index contributed by atoms with van der Waals surface area (Å²) < 4.78 is 13.1. The Kier molecular flexibility index (Phi) is 3.73. The van der Waals surface area contributed by atoms with Gasteiger partial charge in [0, 0.05) is 0 Å². The van der Waals surface area contributed by atoms with E-state index in [1.165, 1.54) is 18.2 Å². The molecule has 4 heteroatoms. The van der Waals surface area contributed by atoms with Gasteiger partial charge in [-0.1, -0.05) is 17.7 Å². The van der Waals surface area contributed by atoms with Crippen LogP contribution in [-0.2, 0) is 0 Å². The van der Waals surface area contributed by atoms with Crippen molar-refractivity contribution in [2.75, 3.05) is 5.32 Å². The molecule has 0 unspecified atom stereocenters. The smallest absolute Gasteiger partial charge is 0.124 e. The number of hydrogen-bond acceptors (Lipinski definition) is 2. The molecule has 0 radical (unpaired) electrons. The molecular formula is C15H12ClFN2. The lowest BCUT2D eigenvalue weighted by molar-refractivity contribution is 0.627. The van der Waals surface area contributed by atoms with Gasteiger partial charge in [0.05, 0.1) is 22.0 Å². The quantitative estimate of drug-likeness (QED) is 0.861. The minimum Gasteiger partial charge on any atom is -0.353 e. The number of nitriles is 1. The number of benzene rings is 2. The van der Waals surface area contributed by atoms with Crippen LogP contribution in [0.2, 0.25) is 5.02 Å². The Morgan fingerprint density at radius 1 is 1.21 bits per heavy atom. The van der Waals surface area contributed by atoms with Gasteiger partial charge < -0.3 is 5.32 Å². The molecule has 96 valence electrons. The zero-order chi connectivity index (χ0) is 14.0. The molecule has 0 aliphatic heterocycles. The van der Waals surface area contributed by atoms with Gasteiger partial charge in [0.15, 0.2) is 0 Å². The van der Waals surface area contributed by atoms with Gasteiger partial charge in [0.2, 0.25) is 0 Å². The van der Waals surface area contributed by atoms with Gasteiger partial charge in [-0.05, 0) is 49.2 Å². The third-order valence-electron chi connectivity index (χ3n) is 2.79. The van der Waals surface area contributed by atoms with Gasteiger partial charge in [0.1, 0.15) is 11.9 Å². The van der Waals surface area contributed by atoms with Crippen LogP contribution in [0.5, 0.6) is 0 Å². The zero-order valence-corrected chi connectivity index (χ0v) is 11.3. The van der Waals surface area contributed by atoms with Crippen LogP contribution >= 0.6 is 11.6 Å². The van der Waals surface area contributed by atoms with Crippen molar-refractivity contribution in [3.63, 3.8) is 0 Å². The third-order valence-corrected chi connectivity index (χ3v) is 3.09. The molecule has 0 aliphatic carbocycles. The van der Waals surface area contributed by atoms with Crippen LogP contribution in [0, 0.1) is 31.0 Å². The summed E-state index contributed by atoms with van der Waals surface area (Å²) in [6, 6.07) is 9.82. The first kappa shape index (κ1) is 13.4. The molecule has 2 nitrogen and oxygen atoms in total. The van der Waals surface area contributed by atoms with Crippen LogP contribution in [-0.4, -0.2) is 0 Å². The Labute approximate surface area is 116 Å². The topological polar surface area (TPSA) is 35.8 Å². The highest BCUT2D eigenvalue weighted by Gasteiger charge is 2.09. The fourth-order valence-corrected chi connectivity index (χ4v) is 2.30. The summed E-state index contributed by atoms with van der Waals surface area (Å²) in [7, 11) is 0. The van der Waals surface area contributed by atoms with Crippen LogP contribution in [0.4, 0.5) is 15.8 Å². The van der Waals surface area contributed by atoms with E-state index in [-0.39, 0.29) is 5.56 Å². The summed E-state index contributed by atoms with van der Waals surface area (Å²) in [5, 5.41) is 12.7. The maximum absolute atomic E-state index is 13.1. The second-order valence-electron chi connectivity index (χ2n) is 4.37. The molecule has 0 amide bonds. The van der Waals surface area contributed by atoms with Crippen molar-refractivity contribution < 1.29 is 4.39 Å². The molecule has 0 heterocycles. The van der Waals surface area contributed by atoms with Gasteiger partial charge in [-0.3, -0.25) is 0 Å². The van der Waals surface area contributed by atoms with E-state index in [9.17, 15) is 4.39 Å². The molecule has 2 rings (SSSR count). The van der Waals surface area contributed by atoms with Crippen molar-refractivity contribution in [2.24, 2.45) is 0 Å². The second-order valence-corrected chi connectivity index (χ2v) is 4.77. The SMILES string of the molecule is Cc1cc(C)c(Nc2ccc(F)cc2C#N)c(Cl)c1. The molecule has 2 aromatic carbocycles. The Morgan fingerprint density at radius 2 is 1.95 bits per heavy atom. The number of rotatable bonds is 2. The zero-order valence-electron chi connectivity index (χ0n) is 10.6. The minimum absolute atomic E-state index is 0.246.